The van der Waals surface area contributed by atoms with E-state index in [2.05, 4.69) is 4.98 Å². The van der Waals surface area contributed by atoms with Crippen molar-refractivity contribution in [3.8, 4) is 0 Å². The third kappa shape index (κ3) is 2.34. The van der Waals surface area contributed by atoms with Crippen LogP contribution in [0, 0.1) is 5.92 Å². The fourth-order valence-corrected chi connectivity index (χ4v) is 3.70. The molecule has 1 saturated carbocycles. The summed E-state index contributed by atoms with van der Waals surface area (Å²) in [5, 5.41) is 9.42. The molecule has 112 valence electrons. The van der Waals surface area contributed by atoms with E-state index >= 15 is 0 Å². The fraction of sp³-hybridized carbons (Fsp3) is 0.533. The van der Waals surface area contributed by atoms with E-state index in [1.807, 2.05) is 0 Å². The predicted molar refractivity (Wildman–Crippen MR) is 75.0 cm³/mol. The summed E-state index contributed by atoms with van der Waals surface area (Å²) in [6, 6.07) is 0.425. The Hall–Kier alpha value is -2.11. The van der Waals surface area contributed by atoms with Crippen molar-refractivity contribution >= 4 is 11.9 Å². The number of hydrogen-bond acceptors (Lipinski definition) is 3. The van der Waals surface area contributed by atoms with Gasteiger partial charge in [0, 0.05) is 24.5 Å². The molecule has 1 amide bonds. The SMILES string of the molecule is O=C(O)C1CC2CCCCC2N1C(=O)c1c[nH]ccc1=O. The second-order valence-electron chi connectivity index (χ2n) is 5.84. The Bertz CT molecular complexity index is 624. The van der Waals surface area contributed by atoms with Crippen molar-refractivity contribution in [1.82, 2.24) is 9.88 Å². The number of rotatable bonds is 2. The molecule has 0 bridgehead atoms. The number of carboxylic acid groups (broad SMARTS) is 1. The molecule has 2 aliphatic rings. The first-order chi connectivity index (χ1) is 10.1. The highest BCUT2D eigenvalue weighted by Crippen LogP contribution is 2.40. The van der Waals surface area contributed by atoms with Gasteiger partial charge < -0.3 is 15.0 Å². The number of pyridine rings is 1. The van der Waals surface area contributed by atoms with Crippen molar-refractivity contribution in [2.24, 2.45) is 5.92 Å². The summed E-state index contributed by atoms with van der Waals surface area (Å²) >= 11 is 0. The van der Waals surface area contributed by atoms with E-state index in [1.54, 1.807) is 0 Å². The summed E-state index contributed by atoms with van der Waals surface area (Å²) in [6.07, 6.45) is 7.19. The number of hydrogen-bond donors (Lipinski definition) is 2. The maximum Gasteiger partial charge on any atom is 0.326 e. The second-order valence-corrected chi connectivity index (χ2v) is 5.84. The minimum atomic E-state index is -0.981. The largest absolute Gasteiger partial charge is 0.480 e. The standard InChI is InChI=1S/C15H18N2O4/c18-13-5-6-16-8-10(13)14(19)17-11-4-2-1-3-9(11)7-12(17)15(20)21/h5-6,8-9,11-12H,1-4,7H2,(H,16,18)(H,20,21). The van der Waals surface area contributed by atoms with Crippen molar-refractivity contribution < 1.29 is 14.7 Å². The van der Waals surface area contributed by atoms with Gasteiger partial charge in [-0.15, -0.1) is 0 Å². The molecule has 2 heterocycles. The van der Waals surface area contributed by atoms with Crippen LogP contribution in [0.5, 0.6) is 0 Å². The lowest BCUT2D eigenvalue weighted by atomic mass is 9.84. The Balaban J connectivity index is 1.97. The van der Waals surface area contributed by atoms with Crippen LogP contribution in [-0.2, 0) is 4.79 Å². The van der Waals surface area contributed by atoms with Gasteiger partial charge in [-0.25, -0.2) is 4.79 Å². The number of carbonyl (C=O) groups is 2. The van der Waals surface area contributed by atoms with Gasteiger partial charge in [-0.3, -0.25) is 9.59 Å². The lowest BCUT2D eigenvalue weighted by Gasteiger charge is -2.32. The van der Waals surface area contributed by atoms with E-state index in [4.69, 9.17) is 0 Å². The molecule has 0 radical (unpaired) electrons. The van der Waals surface area contributed by atoms with Gasteiger partial charge in [-0.1, -0.05) is 12.8 Å². The number of likely N-dealkylation sites (tertiary alicyclic amines) is 1. The van der Waals surface area contributed by atoms with Crippen molar-refractivity contribution in [3.05, 3.63) is 34.2 Å². The van der Waals surface area contributed by atoms with E-state index < -0.39 is 17.9 Å². The van der Waals surface area contributed by atoms with Crippen LogP contribution in [0.1, 0.15) is 42.5 Å². The van der Waals surface area contributed by atoms with E-state index in [1.165, 1.54) is 23.4 Å². The molecule has 3 rings (SSSR count). The smallest absolute Gasteiger partial charge is 0.326 e. The average molecular weight is 290 g/mol. The first-order valence-corrected chi connectivity index (χ1v) is 7.32. The number of carboxylic acids is 1. The summed E-state index contributed by atoms with van der Waals surface area (Å²) in [5.74, 6) is -1.20. The Kier molecular flexibility index (Phi) is 3.53. The van der Waals surface area contributed by atoms with E-state index in [9.17, 15) is 19.5 Å². The van der Waals surface area contributed by atoms with Crippen LogP contribution < -0.4 is 5.43 Å². The molecule has 1 saturated heterocycles. The quantitative estimate of drug-likeness (QED) is 0.857. The lowest BCUT2D eigenvalue weighted by molar-refractivity contribution is -0.141. The lowest BCUT2D eigenvalue weighted by Crippen LogP contribution is -2.47. The maximum absolute atomic E-state index is 12.7. The van der Waals surface area contributed by atoms with Crippen molar-refractivity contribution in [3.63, 3.8) is 0 Å². The highest BCUT2D eigenvalue weighted by Gasteiger charge is 2.47. The Labute approximate surface area is 121 Å². The van der Waals surface area contributed by atoms with E-state index in [0.29, 0.717) is 6.42 Å². The minimum absolute atomic E-state index is 0.0231. The number of carbonyl (C=O) groups excluding carboxylic acids is 1. The first kappa shape index (κ1) is 13.9. The molecule has 0 spiro atoms. The Morgan fingerprint density at radius 3 is 2.76 bits per heavy atom. The highest BCUT2D eigenvalue weighted by molar-refractivity contribution is 5.97. The fourth-order valence-electron chi connectivity index (χ4n) is 3.70. The maximum atomic E-state index is 12.7. The van der Waals surface area contributed by atoms with Crippen LogP contribution in [0.2, 0.25) is 0 Å². The van der Waals surface area contributed by atoms with Gasteiger partial charge in [0.25, 0.3) is 5.91 Å². The first-order valence-electron chi connectivity index (χ1n) is 7.32. The van der Waals surface area contributed by atoms with Crippen LogP contribution in [0.3, 0.4) is 0 Å². The summed E-state index contributed by atoms with van der Waals surface area (Å²) in [5.41, 5.74) is -0.350. The van der Waals surface area contributed by atoms with Gasteiger partial charge in [0.05, 0.1) is 0 Å². The number of nitrogens with one attached hydrogen (secondary N) is 1. The number of fused-ring (bicyclic) bond motifs is 1. The van der Waals surface area contributed by atoms with Gasteiger partial charge in [0.1, 0.15) is 11.6 Å². The molecule has 2 N–H and O–H groups in total. The highest BCUT2D eigenvalue weighted by atomic mass is 16.4. The molecule has 21 heavy (non-hydrogen) atoms. The molecule has 1 aromatic rings. The summed E-state index contributed by atoms with van der Waals surface area (Å²) in [4.78, 5) is 40.2. The number of aromatic amines is 1. The minimum Gasteiger partial charge on any atom is -0.480 e. The van der Waals surface area contributed by atoms with Gasteiger partial charge in [-0.05, 0) is 25.2 Å². The summed E-state index contributed by atoms with van der Waals surface area (Å²) in [7, 11) is 0. The van der Waals surface area contributed by atoms with Gasteiger partial charge in [0.15, 0.2) is 5.43 Å². The molecule has 3 atom stereocenters. The third-order valence-corrected chi connectivity index (χ3v) is 4.66. The molecule has 6 heteroatoms. The predicted octanol–water partition coefficient (Wildman–Crippen LogP) is 1.23. The number of H-pyrrole nitrogens is 1. The zero-order valence-corrected chi connectivity index (χ0v) is 11.6. The van der Waals surface area contributed by atoms with Crippen LogP contribution >= 0.6 is 0 Å². The number of aromatic nitrogens is 1. The molecule has 3 unspecified atom stereocenters. The third-order valence-electron chi connectivity index (χ3n) is 4.66. The van der Waals surface area contributed by atoms with Crippen molar-refractivity contribution in [2.75, 3.05) is 0 Å². The molecular formula is C15H18N2O4. The van der Waals surface area contributed by atoms with Crippen LogP contribution in [0.4, 0.5) is 0 Å². The molecule has 1 aliphatic heterocycles. The topological polar surface area (TPSA) is 90.5 Å². The summed E-state index contributed by atoms with van der Waals surface area (Å²) in [6.45, 7) is 0. The second kappa shape index (κ2) is 5.35. The monoisotopic (exact) mass is 290 g/mol. The van der Waals surface area contributed by atoms with E-state index in [0.717, 1.165) is 25.7 Å². The number of nitrogens with zero attached hydrogens (tertiary/aromatic N) is 1. The molecule has 0 aromatic carbocycles. The number of amides is 1. The molecule has 1 aliphatic carbocycles. The van der Waals surface area contributed by atoms with E-state index in [-0.39, 0.29) is 23.0 Å². The van der Waals surface area contributed by atoms with Crippen LogP contribution in [0.25, 0.3) is 0 Å². The van der Waals surface area contributed by atoms with Gasteiger partial charge in [0.2, 0.25) is 0 Å². The van der Waals surface area contributed by atoms with Crippen LogP contribution in [-0.4, -0.2) is 39.0 Å². The average Bonchev–Trinajstić information content (AvgIpc) is 2.86. The van der Waals surface area contributed by atoms with Crippen molar-refractivity contribution in [1.29, 1.82) is 0 Å². The molecule has 1 aromatic heterocycles. The molecule has 6 nitrogen and oxygen atoms in total. The van der Waals surface area contributed by atoms with Gasteiger partial charge in [-0.2, -0.15) is 0 Å². The zero-order valence-electron chi connectivity index (χ0n) is 11.6. The molecule has 2 fully saturated rings. The van der Waals surface area contributed by atoms with Gasteiger partial charge >= 0.3 is 5.97 Å². The van der Waals surface area contributed by atoms with Crippen molar-refractivity contribution in [2.45, 2.75) is 44.2 Å². The van der Waals surface area contributed by atoms with Crippen LogP contribution in [0.15, 0.2) is 23.3 Å². The molecular weight excluding hydrogens is 272 g/mol. The Morgan fingerprint density at radius 2 is 2.05 bits per heavy atom. The Morgan fingerprint density at radius 1 is 1.29 bits per heavy atom. The zero-order chi connectivity index (χ0) is 15.0. The number of aliphatic carboxylic acids is 1. The summed E-state index contributed by atoms with van der Waals surface area (Å²) < 4.78 is 0. The normalized spacial score (nSPS) is 28.2.